The van der Waals surface area contributed by atoms with E-state index in [1.165, 1.54) is 96.4 Å². The number of nitrogens with one attached hydrogen (secondary N) is 1. The van der Waals surface area contributed by atoms with Gasteiger partial charge < -0.3 is 26.5 Å². The first-order valence-electron chi connectivity index (χ1n) is 20.7. The Morgan fingerprint density at radius 2 is 1.69 bits per heavy atom. The molecule has 4 aliphatic rings. The van der Waals surface area contributed by atoms with Crippen molar-refractivity contribution in [3.63, 3.8) is 0 Å². The fourth-order valence-corrected chi connectivity index (χ4v) is 12.7. The smallest absolute Gasteiger partial charge is 0.120 e. The van der Waals surface area contributed by atoms with Crippen molar-refractivity contribution < 1.29 is 4.79 Å². The van der Waals surface area contributed by atoms with Crippen LogP contribution in [0, 0.1) is 40.4 Å². The summed E-state index contributed by atoms with van der Waals surface area (Å²) >= 11 is 0. The molecule has 0 bridgehead atoms. The third kappa shape index (κ3) is 13.7. The molecule has 4 aliphatic carbocycles. The number of hydrogen-bond donors (Lipinski definition) is 3. The molecule has 0 heterocycles. The van der Waals surface area contributed by atoms with Crippen molar-refractivity contribution in [2.24, 2.45) is 51.9 Å². The van der Waals surface area contributed by atoms with Gasteiger partial charge in [0.05, 0.1) is 0 Å². The van der Waals surface area contributed by atoms with Gasteiger partial charge in [-0.25, -0.2) is 0 Å². The number of unbranched alkanes of at least 4 members (excludes halogenated alkanes) is 2. The van der Waals surface area contributed by atoms with E-state index in [9.17, 15) is 4.79 Å². The molecule has 0 aliphatic heterocycles. The largest absolute Gasteiger partial charge is 0.328 e. The third-order valence-electron chi connectivity index (χ3n) is 13.2. The van der Waals surface area contributed by atoms with Crippen LogP contribution in [0.4, 0.5) is 0 Å². The van der Waals surface area contributed by atoms with E-state index < -0.39 is 0 Å². The minimum Gasteiger partial charge on any atom is -0.328 e. The Balaban J connectivity index is 0.000000326. The number of hydrogen-bond acceptors (Lipinski definition) is 7. The van der Waals surface area contributed by atoms with E-state index in [4.69, 9.17) is 11.5 Å². The fourth-order valence-electron chi connectivity index (χ4n) is 10.1. The highest BCUT2D eigenvalue weighted by Crippen LogP contribution is 2.67. The van der Waals surface area contributed by atoms with Gasteiger partial charge in [-0.1, -0.05) is 80.2 Å². The van der Waals surface area contributed by atoms with Gasteiger partial charge in [-0.2, -0.15) is 0 Å². The van der Waals surface area contributed by atoms with Gasteiger partial charge in [-0.05, 0) is 171 Å². The standard InChI is InChI=1S/C29H48OS2.C13H32N4/c1-21(2)8-5-6-9-22-11-13-26-25-12-10-23-20-24(32-31-19-7-18-30)14-16-29(23,4)27(25)15-17-28(22,26)3;1-12(14)6-9-16-8-4-5-10-17(3)11-7-13(2)15/h10,18,21-22,24-27H,5-9,11-17,19-20H2,1-4H3;12-13,16H,4-11,14-15H2,1-3H3. The molecule has 9 unspecified atom stereocenters. The second-order valence-electron chi connectivity index (χ2n) is 17.8. The Bertz CT molecular complexity index is 959. The zero-order chi connectivity index (χ0) is 35.9. The number of aldehydes is 1. The maximum Gasteiger partial charge on any atom is 0.120 e. The molecule has 0 saturated heterocycles. The Morgan fingerprint density at radius 3 is 2.41 bits per heavy atom. The van der Waals surface area contributed by atoms with Crippen molar-refractivity contribution in [2.75, 3.05) is 39.0 Å². The fraction of sp³-hybridized carbons (Fsp3) is 0.929. The Labute approximate surface area is 312 Å². The van der Waals surface area contributed by atoms with Crippen molar-refractivity contribution in [2.45, 2.75) is 168 Å². The van der Waals surface area contributed by atoms with Crippen LogP contribution in [0.25, 0.3) is 0 Å². The van der Waals surface area contributed by atoms with Gasteiger partial charge in [0.1, 0.15) is 6.29 Å². The summed E-state index contributed by atoms with van der Waals surface area (Å²) in [4.78, 5) is 13.0. The van der Waals surface area contributed by atoms with E-state index >= 15 is 0 Å². The maximum atomic E-state index is 10.6. The first-order valence-corrected chi connectivity index (χ1v) is 23.1. The van der Waals surface area contributed by atoms with E-state index in [1.807, 2.05) is 16.4 Å². The molecular formula is C42H80N4OS2. The number of allylic oxidation sites excluding steroid dienone is 2. The third-order valence-corrected chi connectivity index (χ3v) is 16.2. The molecular weight excluding hydrogens is 641 g/mol. The van der Waals surface area contributed by atoms with Crippen molar-refractivity contribution in [3.05, 3.63) is 11.6 Å². The van der Waals surface area contributed by atoms with Crippen molar-refractivity contribution in [3.8, 4) is 0 Å². The molecule has 0 aromatic rings. The number of carbonyl (C=O) groups is 1. The van der Waals surface area contributed by atoms with Crippen LogP contribution in [0.3, 0.4) is 0 Å². The van der Waals surface area contributed by atoms with Gasteiger partial charge >= 0.3 is 0 Å². The van der Waals surface area contributed by atoms with E-state index in [-0.39, 0.29) is 0 Å². The Morgan fingerprint density at radius 1 is 0.918 bits per heavy atom. The molecule has 49 heavy (non-hydrogen) atoms. The van der Waals surface area contributed by atoms with E-state index in [0.717, 1.165) is 79.4 Å². The molecule has 7 heteroatoms. The summed E-state index contributed by atoms with van der Waals surface area (Å²) in [6.45, 7) is 18.6. The molecule has 9 atom stereocenters. The Hall–Kier alpha value is -0.0500. The van der Waals surface area contributed by atoms with Crippen LogP contribution in [0.1, 0.15) is 151 Å². The van der Waals surface area contributed by atoms with Gasteiger partial charge in [0, 0.05) is 29.5 Å². The number of nitrogens with two attached hydrogens (primary N) is 2. The predicted molar refractivity (Wildman–Crippen MR) is 219 cm³/mol. The normalized spacial score (nSPS) is 32.1. The summed E-state index contributed by atoms with van der Waals surface area (Å²) in [6.07, 6.45) is 26.4. The lowest BCUT2D eigenvalue weighted by molar-refractivity contribution is -0.107. The van der Waals surface area contributed by atoms with Crippen molar-refractivity contribution in [1.29, 1.82) is 0 Å². The average Bonchev–Trinajstić information content (AvgIpc) is 3.39. The SMILES string of the molecule is CC(C)CCCCC1CCC2C3CC=C4CC(SSCCC=O)CCC4(C)C3CCC12C.CC(N)CCNCCCCN(C)CCC(C)N. The molecule has 5 N–H and O–H groups in total. The highest BCUT2D eigenvalue weighted by Gasteiger charge is 2.58. The van der Waals surface area contributed by atoms with Crippen LogP contribution >= 0.6 is 21.6 Å². The monoisotopic (exact) mass is 721 g/mol. The molecule has 3 saturated carbocycles. The first kappa shape index (κ1) is 43.4. The zero-order valence-electron chi connectivity index (χ0n) is 33.2. The topological polar surface area (TPSA) is 84.4 Å². The minimum atomic E-state index is 0.312. The minimum absolute atomic E-state index is 0.312. The van der Waals surface area contributed by atoms with Crippen molar-refractivity contribution in [1.82, 2.24) is 10.2 Å². The predicted octanol–water partition coefficient (Wildman–Crippen LogP) is 9.88. The quantitative estimate of drug-likeness (QED) is 0.0471. The highest BCUT2D eigenvalue weighted by atomic mass is 33.1. The van der Waals surface area contributed by atoms with Crippen molar-refractivity contribution >= 4 is 27.9 Å². The lowest BCUT2D eigenvalue weighted by Crippen LogP contribution is -2.50. The van der Waals surface area contributed by atoms with Crippen LogP contribution in [-0.2, 0) is 4.79 Å². The van der Waals surface area contributed by atoms with Gasteiger partial charge in [0.15, 0.2) is 0 Å². The van der Waals surface area contributed by atoms with Crippen LogP contribution in [0.2, 0.25) is 0 Å². The van der Waals surface area contributed by atoms with E-state index in [0.29, 0.717) is 29.3 Å². The molecule has 286 valence electrons. The number of fused-ring (bicyclic) bond motifs is 5. The summed E-state index contributed by atoms with van der Waals surface area (Å²) in [5.41, 5.74) is 14.3. The van der Waals surface area contributed by atoms with Crippen LogP contribution in [0.5, 0.6) is 0 Å². The first-order chi connectivity index (χ1) is 23.4. The number of rotatable bonds is 21. The summed E-state index contributed by atoms with van der Waals surface area (Å²) in [7, 11) is 6.16. The lowest BCUT2D eigenvalue weighted by Gasteiger charge is -2.58. The molecule has 0 spiro atoms. The maximum absolute atomic E-state index is 10.6. The number of nitrogens with zero attached hydrogens (tertiary/aromatic N) is 1. The van der Waals surface area contributed by atoms with E-state index in [2.05, 4.69) is 75.7 Å². The molecule has 0 aromatic carbocycles. The summed E-state index contributed by atoms with van der Waals surface area (Å²) < 4.78 is 0. The highest BCUT2D eigenvalue weighted by molar-refractivity contribution is 8.76. The van der Waals surface area contributed by atoms with Crippen LogP contribution in [-0.4, -0.2) is 67.5 Å². The summed E-state index contributed by atoms with van der Waals surface area (Å²) in [6, 6.07) is 0.629. The van der Waals surface area contributed by atoms with Crippen LogP contribution in [0.15, 0.2) is 11.6 Å². The molecule has 5 nitrogen and oxygen atoms in total. The molecule has 4 rings (SSSR count). The second-order valence-corrected chi connectivity index (χ2v) is 20.6. The van der Waals surface area contributed by atoms with Gasteiger partial charge in [-0.15, -0.1) is 0 Å². The molecule has 3 fully saturated rings. The average molecular weight is 721 g/mol. The van der Waals surface area contributed by atoms with Gasteiger partial charge in [-0.3, -0.25) is 0 Å². The van der Waals surface area contributed by atoms with Crippen LogP contribution < -0.4 is 16.8 Å². The Kier molecular flexibility index (Phi) is 19.7. The second kappa shape index (κ2) is 22.2. The summed E-state index contributed by atoms with van der Waals surface area (Å²) in [5.74, 6) is 5.71. The number of carbonyl (C=O) groups excluding carboxylic acids is 1. The molecule has 0 aromatic heterocycles. The van der Waals surface area contributed by atoms with Gasteiger partial charge in [0.2, 0.25) is 0 Å². The molecule has 0 radical (unpaired) electrons. The zero-order valence-corrected chi connectivity index (χ0v) is 34.8. The van der Waals surface area contributed by atoms with Gasteiger partial charge in [0.25, 0.3) is 0 Å². The lowest BCUT2D eigenvalue weighted by atomic mass is 9.47. The molecule has 0 amide bonds. The van der Waals surface area contributed by atoms with E-state index in [1.54, 1.807) is 0 Å². The summed E-state index contributed by atoms with van der Waals surface area (Å²) in [5, 5.41) is 4.18.